The van der Waals surface area contributed by atoms with Crippen LogP contribution in [0.1, 0.15) is 19.4 Å². The summed E-state index contributed by atoms with van der Waals surface area (Å²) < 4.78 is 0. The summed E-state index contributed by atoms with van der Waals surface area (Å²) in [5, 5.41) is 9.01. The lowest BCUT2D eigenvalue weighted by molar-refractivity contribution is -0.145. The molecule has 0 saturated heterocycles. The molecule has 0 unspecified atom stereocenters. The molecule has 0 aliphatic carbocycles. The predicted molar refractivity (Wildman–Crippen MR) is 67.7 cm³/mol. The Morgan fingerprint density at radius 1 is 1.50 bits per heavy atom. The quantitative estimate of drug-likeness (QED) is 0.626. The number of carbonyl (C=O) groups is 1. The van der Waals surface area contributed by atoms with Crippen LogP contribution in [-0.4, -0.2) is 16.8 Å². The third kappa shape index (κ3) is 3.17. The van der Waals surface area contributed by atoms with Crippen molar-refractivity contribution < 1.29 is 9.90 Å². The van der Waals surface area contributed by atoms with Gasteiger partial charge in [0.2, 0.25) is 0 Å². The zero-order valence-electron chi connectivity index (χ0n) is 9.78. The highest BCUT2D eigenvalue weighted by molar-refractivity contribution is 7.99. The van der Waals surface area contributed by atoms with Crippen LogP contribution in [-0.2, 0) is 4.79 Å². The van der Waals surface area contributed by atoms with E-state index in [-0.39, 0.29) is 0 Å². The van der Waals surface area contributed by atoms with Gasteiger partial charge in [-0.3, -0.25) is 4.79 Å². The lowest BCUT2D eigenvalue weighted by Crippen LogP contribution is -2.26. The molecular formula is C12H17NO2S. The second-order valence-corrected chi connectivity index (χ2v) is 5.52. The van der Waals surface area contributed by atoms with Crippen LogP contribution in [0.3, 0.4) is 0 Å². The SMILES string of the molecule is Cc1ccc(N)cc1SCC(C)(C)C(=O)O. The molecule has 0 heterocycles. The second-order valence-electron chi connectivity index (χ2n) is 4.50. The van der Waals surface area contributed by atoms with E-state index in [1.807, 2.05) is 25.1 Å². The number of anilines is 1. The van der Waals surface area contributed by atoms with Gasteiger partial charge in [0.25, 0.3) is 0 Å². The number of carboxylic acids is 1. The summed E-state index contributed by atoms with van der Waals surface area (Å²) >= 11 is 1.54. The second kappa shape index (κ2) is 4.78. The van der Waals surface area contributed by atoms with Gasteiger partial charge in [-0.2, -0.15) is 0 Å². The summed E-state index contributed by atoms with van der Waals surface area (Å²) in [4.78, 5) is 12.0. The standard InChI is InChI=1S/C12H17NO2S/c1-8-4-5-9(13)6-10(8)16-7-12(2,3)11(14)15/h4-6H,7,13H2,1-3H3,(H,14,15). The number of carboxylic acid groups (broad SMARTS) is 1. The van der Waals surface area contributed by atoms with Crippen molar-refractivity contribution in [3.63, 3.8) is 0 Å². The Bertz CT molecular complexity index is 402. The molecule has 0 fully saturated rings. The average Bonchev–Trinajstić information content (AvgIpc) is 2.19. The van der Waals surface area contributed by atoms with Crippen molar-refractivity contribution >= 4 is 23.4 Å². The smallest absolute Gasteiger partial charge is 0.309 e. The summed E-state index contributed by atoms with van der Waals surface area (Å²) in [6, 6.07) is 5.69. The first-order chi connectivity index (χ1) is 7.33. The summed E-state index contributed by atoms with van der Waals surface area (Å²) in [6.45, 7) is 5.45. The van der Waals surface area contributed by atoms with Crippen LogP contribution in [0.2, 0.25) is 0 Å². The highest BCUT2D eigenvalue weighted by atomic mass is 32.2. The summed E-state index contributed by atoms with van der Waals surface area (Å²) in [5.41, 5.74) is 6.81. The maximum atomic E-state index is 11.0. The first-order valence-corrected chi connectivity index (χ1v) is 6.04. The van der Waals surface area contributed by atoms with E-state index in [9.17, 15) is 4.79 Å². The topological polar surface area (TPSA) is 63.3 Å². The number of rotatable bonds is 4. The van der Waals surface area contributed by atoms with Crippen LogP contribution >= 0.6 is 11.8 Å². The number of benzene rings is 1. The van der Waals surface area contributed by atoms with Crippen molar-refractivity contribution in [2.24, 2.45) is 5.41 Å². The Hall–Kier alpha value is -1.16. The van der Waals surface area contributed by atoms with Crippen LogP contribution < -0.4 is 5.73 Å². The largest absolute Gasteiger partial charge is 0.481 e. The minimum absolute atomic E-state index is 0.534. The molecule has 1 aromatic carbocycles. The molecule has 0 aliphatic heterocycles. The van der Waals surface area contributed by atoms with Gasteiger partial charge in [0.05, 0.1) is 5.41 Å². The number of aryl methyl sites for hydroxylation is 1. The molecule has 0 amide bonds. The first-order valence-electron chi connectivity index (χ1n) is 5.05. The minimum Gasteiger partial charge on any atom is -0.481 e. The Kier molecular flexibility index (Phi) is 3.86. The third-order valence-electron chi connectivity index (χ3n) is 2.38. The molecule has 0 spiro atoms. The van der Waals surface area contributed by atoms with Crippen molar-refractivity contribution in [3.8, 4) is 0 Å². The van der Waals surface area contributed by atoms with E-state index in [1.54, 1.807) is 13.8 Å². The van der Waals surface area contributed by atoms with Crippen molar-refractivity contribution in [2.45, 2.75) is 25.7 Å². The molecule has 0 bridgehead atoms. The van der Waals surface area contributed by atoms with E-state index in [1.165, 1.54) is 11.8 Å². The molecule has 0 saturated carbocycles. The van der Waals surface area contributed by atoms with E-state index >= 15 is 0 Å². The first kappa shape index (κ1) is 12.9. The van der Waals surface area contributed by atoms with Gasteiger partial charge in [-0.15, -0.1) is 11.8 Å². The molecule has 16 heavy (non-hydrogen) atoms. The molecule has 1 rings (SSSR count). The van der Waals surface area contributed by atoms with Gasteiger partial charge in [0, 0.05) is 16.3 Å². The van der Waals surface area contributed by atoms with Gasteiger partial charge >= 0.3 is 5.97 Å². The van der Waals surface area contributed by atoms with E-state index in [0.29, 0.717) is 11.4 Å². The predicted octanol–water partition coefficient (Wildman–Crippen LogP) is 2.78. The molecule has 0 atom stereocenters. The van der Waals surface area contributed by atoms with Crippen molar-refractivity contribution in [1.82, 2.24) is 0 Å². The number of thioether (sulfide) groups is 1. The molecular weight excluding hydrogens is 222 g/mol. The molecule has 3 nitrogen and oxygen atoms in total. The van der Waals surface area contributed by atoms with E-state index in [4.69, 9.17) is 10.8 Å². The highest BCUT2D eigenvalue weighted by Gasteiger charge is 2.27. The van der Waals surface area contributed by atoms with Crippen LogP contribution in [0.15, 0.2) is 23.1 Å². The molecule has 4 heteroatoms. The van der Waals surface area contributed by atoms with Gasteiger partial charge in [0.15, 0.2) is 0 Å². The number of nitrogens with two attached hydrogens (primary N) is 1. The Balaban J connectivity index is 2.75. The van der Waals surface area contributed by atoms with Crippen LogP contribution in [0.4, 0.5) is 5.69 Å². The van der Waals surface area contributed by atoms with Gasteiger partial charge in [-0.25, -0.2) is 0 Å². The molecule has 1 aromatic rings. The lowest BCUT2D eigenvalue weighted by Gasteiger charge is -2.18. The fraction of sp³-hybridized carbons (Fsp3) is 0.417. The molecule has 3 N–H and O–H groups in total. The van der Waals surface area contributed by atoms with Crippen LogP contribution in [0, 0.1) is 12.3 Å². The number of aliphatic carboxylic acids is 1. The van der Waals surface area contributed by atoms with Gasteiger partial charge in [-0.05, 0) is 38.5 Å². The maximum absolute atomic E-state index is 11.0. The number of nitrogen functional groups attached to an aromatic ring is 1. The van der Waals surface area contributed by atoms with Gasteiger partial charge in [-0.1, -0.05) is 6.07 Å². The summed E-state index contributed by atoms with van der Waals surface area (Å²) in [7, 11) is 0. The average molecular weight is 239 g/mol. The Morgan fingerprint density at radius 3 is 2.69 bits per heavy atom. The maximum Gasteiger partial charge on any atom is 0.309 e. The van der Waals surface area contributed by atoms with E-state index in [2.05, 4.69) is 0 Å². The van der Waals surface area contributed by atoms with Crippen LogP contribution in [0.5, 0.6) is 0 Å². The zero-order valence-corrected chi connectivity index (χ0v) is 10.6. The molecule has 0 radical (unpaired) electrons. The fourth-order valence-electron chi connectivity index (χ4n) is 1.09. The number of hydrogen-bond acceptors (Lipinski definition) is 3. The number of hydrogen-bond donors (Lipinski definition) is 2. The zero-order chi connectivity index (χ0) is 12.3. The molecule has 88 valence electrons. The van der Waals surface area contributed by atoms with E-state index < -0.39 is 11.4 Å². The van der Waals surface area contributed by atoms with Crippen molar-refractivity contribution in [1.29, 1.82) is 0 Å². The van der Waals surface area contributed by atoms with Gasteiger partial charge in [0.1, 0.15) is 0 Å². The molecule has 0 aromatic heterocycles. The van der Waals surface area contributed by atoms with Crippen molar-refractivity contribution in [3.05, 3.63) is 23.8 Å². The normalized spacial score (nSPS) is 11.4. The summed E-state index contributed by atoms with van der Waals surface area (Å²) in [6.07, 6.45) is 0. The Morgan fingerprint density at radius 2 is 2.12 bits per heavy atom. The molecule has 0 aliphatic rings. The lowest BCUT2D eigenvalue weighted by atomic mass is 9.97. The van der Waals surface area contributed by atoms with Gasteiger partial charge < -0.3 is 10.8 Å². The monoisotopic (exact) mass is 239 g/mol. The highest BCUT2D eigenvalue weighted by Crippen LogP contribution is 2.30. The summed E-state index contributed by atoms with van der Waals surface area (Å²) in [5.74, 6) is -0.242. The third-order valence-corrected chi connectivity index (χ3v) is 4.00. The van der Waals surface area contributed by atoms with Crippen molar-refractivity contribution in [2.75, 3.05) is 11.5 Å². The van der Waals surface area contributed by atoms with Crippen LogP contribution in [0.25, 0.3) is 0 Å². The van der Waals surface area contributed by atoms with E-state index in [0.717, 1.165) is 10.5 Å². The minimum atomic E-state index is -0.776. The Labute approximate surface area is 100 Å². The fourth-order valence-corrected chi connectivity index (χ4v) is 2.25.